The van der Waals surface area contributed by atoms with Gasteiger partial charge in [0.1, 0.15) is 54.6 Å². The van der Waals surface area contributed by atoms with Crippen molar-refractivity contribution in [1.82, 2.24) is 19.5 Å². The molecule has 23 nitrogen and oxygen atoms in total. The second-order valence-corrected chi connectivity index (χ2v) is 20.7. The minimum Gasteiger partial charge on any atom is -0.394 e. The number of hydrogen-bond acceptors (Lipinski definition) is 22. The van der Waals surface area contributed by atoms with E-state index in [1.54, 1.807) is 0 Å². The summed E-state index contributed by atoms with van der Waals surface area (Å²) in [5.41, 5.74) is 6.50. The number of nitrogens with two attached hydrogens (primary N) is 1. The van der Waals surface area contributed by atoms with Gasteiger partial charge in [0, 0.05) is 0 Å². The molecule has 4 rings (SSSR count). The number of anilines is 1. The van der Waals surface area contributed by atoms with Gasteiger partial charge in [-0.05, 0) is 38.5 Å². The van der Waals surface area contributed by atoms with Crippen molar-refractivity contribution in [2.75, 3.05) is 58.6 Å². The van der Waals surface area contributed by atoms with Crippen molar-refractivity contribution in [2.24, 2.45) is 0 Å². The van der Waals surface area contributed by atoms with Gasteiger partial charge in [0.15, 0.2) is 24.0 Å². The molecule has 9 atom stereocenters. The van der Waals surface area contributed by atoms with Crippen LogP contribution in [-0.2, 0) is 68.6 Å². The third-order valence-electron chi connectivity index (χ3n) is 10.4. The van der Waals surface area contributed by atoms with Crippen molar-refractivity contribution < 1.29 is 83.9 Å². The molecule has 0 bridgehead atoms. The number of unbranched alkanes of at least 4 members (excludes halogenated alkanes) is 6. The molecule has 0 saturated carbocycles. The molecule has 66 heavy (non-hydrogen) atoms. The molecule has 382 valence electrons. The Bertz CT molecular complexity index is 1790. The van der Waals surface area contributed by atoms with Crippen LogP contribution in [0.1, 0.15) is 125 Å². The summed E-state index contributed by atoms with van der Waals surface area (Å²) >= 11 is 0. The zero-order valence-electron chi connectivity index (χ0n) is 39.2. The van der Waals surface area contributed by atoms with E-state index in [4.69, 9.17) is 60.7 Å². The number of aliphatic hydroxyl groups is 3. The summed E-state index contributed by atoms with van der Waals surface area (Å²) < 4.78 is 117. The predicted molar refractivity (Wildman–Crippen MR) is 240 cm³/mol. The van der Waals surface area contributed by atoms with E-state index in [0.717, 1.165) is 0 Å². The molecule has 2 aliphatic heterocycles. The number of ether oxygens (including phenoxy) is 3. The van der Waals surface area contributed by atoms with Crippen LogP contribution < -0.4 is 5.73 Å². The van der Waals surface area contributed by atoms with E-state index >= 15 is 0 Å². The molecule has 0 aliphatic carbocycles. The summed E-state index contributed by atoms with van der Waals surface area (Å²) in [6.45, 7) is 9.75. The van der Waals surface area contributed by atoms with E-state index in [2.05, 4.69) is 15.0 Å². The van der Waals surface area contributed by atoms with Crippen LogP contribution in [0.15, 0.2) is 12.7 Å². The first-order valence-corrected chi connectivity index (χ1v) is 27.7. The van der Waals surface area contributed by atoms with E-state index in [1.165, 1.54) is 17.2 Å². The molecule has 2 saturated heterocycles. The van der Waals surface area contributed by atoms with E-state index in [9.17, 15) is 29.0 Å². The molecule has 0 aromatic carbocycles. The zero-order valence-corrected chi connectivity index (χ0v) is 41.8. The molecule has 2 aromatic heterocycles. The first-order valence-electron chi connectivity index (χ1n) is 23.3. The van der Waals surface area contributed by atoms with Gasteiger partial charge in [-0.15, -0.1) is 0 Å². The summed E-state index contributed by atoms with van der Waals surface area (Å²) in [6, 6.07) is 0. The number of fused-ring (bicyclic) bond motifs is 1. The van der Waals surface area contributed by atoms with Gasteiger partial charge in [0.25, 0.3) is 0 Å². The Kier molecular flexibility index (Phi) is 25.0. The second-order valence-electron chi connectivity index (χ2n) is 15.8. The van der Waals surface area contributed by atoms with Crippen molar-refractivity contribution in [3.63, 3.8) is 0 Å². The van der Waals surface area contributed by atoms with Crippen molar-refractivity contribution >= 4 is 40.4 Å². The predicted octanol–water partition coefficient (Wildman–Crippen LogP) is 7.14. The van der Waals surface area contributed by atoms with E-state index < -0.39 is 91.9 Å². The number of phosphoric acid groups is 3. The number of aliphatic hydroxyl groups excluding tert-OH is 3. The van der Waals surface area contributed by atoms with Gasteiger partial charge in [-0.3, -0.25) is 45.3 Å². The Hall–Kier alpha value is -1.56. The fourth-order valence-electron chi connectivity index (χ4n) is 6.63. The quantitative estimate of drug-likeness (QED) is 0.0394. The lowest BCUT2D eigenvalue weighted by Crippen LogP contribution is -2.61. The van der Waals surface area contributed by atoms with Crippen LogP contribution >= 0.6 is 23.5 Å². The van der Waals surface area contributed by atoms with Crippen LogP contribution in [0.3, 0.4) is 0 Å². The molecule has 2 aromatic rings. The maximum absolute atomic E-state index is 14.6. The third kappa shape index (κ3) is 16.2. The molecule has 0 spiro atoms. The number of nitrogen functional groups attached to an aromatic ring is 1. The van der Waals surface area contributed by atoms with E-state index in [-0.39, 0.29) is 56.6 Å². The van der Waals surface area contributed by atoms with Crippen molar-refractivity contribution in [1.29, 1.82) is 0 Å². The average molecular weight is 1010 g/mol. The molecule has 0 amide bonds. The number of nitrogens with zero attached hydrogens (tertiary/aromatic N) is 4. The Labute approximate surface area is 388 Å². The van der Waals surface area contributed by atoms with Crippen LogP contribution in [0.4, 0.5) is 5.82 Å². The minimum atomic E-state index is -4.59. The van der Waals surface area contributed by atoms with Crippen LogP contribution in [0.25, 0.3) is 11.2 Å². The SMILES string of the molecule is CCCCOP(=O)(OCCCC)O[C@@H]1[C@@H](O)[C@@H](OC2[C@@H](OP(=O)(OCCCC)OCCCC)[C@H](n3cnc4c(N)ncnc43)O[C@@H]2CO)O[C@H](CO)[C@H]1OP(=O)(OCCCC)OCCCC. The van der Waals surface area contributed by atoms with Gasteiger partial charge in [0.2, 0.25) is 0 Å². The highest BCUT2D eigenvalue weighted by Crippen LogP contribution is 2.58. The van der Waals surface area contributed by atoms with E-state index in [0.29, 0.717) is 77.0 Å². The smallest absolute Gasteiger partial charge is 0.394 e. The maximum atomic E-state index is 14.6. The molecule has 2 aliphatic rings. The first-order chi connectivity index (χ1) is 31.8. The lowest BCUT2D eigenvalue weighted by atomic mass is 9.99. The van der Waals surface area contributed by atoms with Gasteiger partial charge in [0.05, 0.1) is 59.2 Å². The summed E-state index contributed by atoms with van der Waals surface area (Å²) in [7, 11) is -13.6. The summed E-state index contributed by atoms with van der Waals surface area (Å²) in [5.74, 6) is 0.0551. The largest absolute Gasteiger partial charge is 0.475 e. The Morgan fingerprint density at radius 1 is 0.591 bits per heavy atom. The van der Waals surface area contributed by atoms with Gasteiger partial charge in [-0.1, -0.05) is 80.1 Å². The molecule has 2 fully saturated rings. The highest BCUT2D eigenvalue weighted by Gasteiger charge is 2.57. The van der Waals surface area contributed by atoms with Crippen molar-refractivity contribution in [2.45, 2.75) is 174 Å². The molecule has 26 heteroatoms. The zero-order chi connectivity index (χ0) is 48.2. The van der Waals surface area contributed by atoms with Crippen LogP contribution in [0.2, 0.25) is 0 Å². The third-order valence-corrected chi connectivity index (χ3v) is 14.9. The molecule has 4 heterocycles. The number of phosphoric ester groups is 3. The molecular formula is C40H74N5O18P3. The van der Waals surface area contributed by atoms with Crippen LogP contribution in [-0.4, -0.2) is 137 Å². The maximum Gasteiger partial charge on any atom is 0.475 e. The topological polar surface area (TPSA) is 292 Å². The Morgan fingerprint density at radius 3 is 1.42 bits per heavy atom. The Balaban J connectivity index is 1.82. The minimum absolute atomic E-state index is 0.00276. The summed E-state index contributed by atoms with van der Waals surface area (Å²) in [5, 5.41) is 34.1. The lowest BCUT2D eigenvalue weighted by molar-refractivity contribution is -0.313. The highest BCUT2D eigenvalue weighted by molar-refractivity contribution is 7.49. The number of aromatic nitrogens is 4. The average Bonchev–Trinajstić information content (AvgIpc) is 3.87. The first kappa shape index (κ1) is 57.0. The van der Waals surface area contributed by atoms with Gasteiger partial charge >= 0.3 is 23.5 Å². The molecule has 1 unspecified atom stereocenters. The monoisotopic (exact) mass is 1010 g/mol. The van der Waals surface area contributed by atoms with Crippen molar-refractivity contribution in [3.05, 3.63) is 12.7 Å². The van der Waals surface area contributed by atoms with Crippen LogP contribution in [0.5, 0.6) is 0 Å². The molecule has 5 N–H and O–H groups in total. The summed E-state index contributed by atoms with van der Waals surface area (Å²) in [4.78, 5) is 12.7. The fourth-order valence-corrected chi connectivity index (χ4v) is 11.0. The standard InChI is InChI=1S/C40H74N5O18P3/c1-7-13-19-52-64(49,53-20-14-8-2)61-34-30(26-47)59-40(32(48)35(34)62-65(50,54-21-15-9-3)55-22-16-10-4)60-33-29(25-46)58-39(45-28-44-31-37(41)42-27-43-38(31)45)36(33)63-66(51,56-23-17-11-5)57-24-18-12-6/h27-30,32-36,39-40,46-48H,7-26H2,1-6H3,(H2,41,42,43)/t29-,30-,32-,33?,34-,35-,36-,39-,40-/m1/s1. The fraction of sp³-hybridized carbons (Fsp3) is 0.875. The second kappa shape index (κ2) is 28.9. The number of imidazole rings is 1. The van der Waals surface area contributed by atoms with E-state index in [1.807, 2.05) is 41.5 Å². The number of hydrogen-bond donors (Lipinski definition) is 4. The Morgan fingerprint density at radius 2 is 1.00 bits per heavy atom. The number of rotatable bonds is 35. The molecule has 0 radical (unpaired) electrons. The molecular weight excluding hydrogens is 931 g/mol. The van der Waals surface area contributed by atoms with Crippen molar-refractivity contribution in [3.8, 4) is 0 Å². The van der Waals surface area contributed by atoms with Gasteiger partial charge in [-0.2, -0.15) is 0 Å². The summed E-state index contributed by atoms with van der Waals surface area (Å²) in [6.07, 6.45) is -5.01. The highest BCUT2D eigenvalue weighted by atomic mass is 31.2. The lowest BCUT2D eigenvalue weighted by Gasteiger charge is -2.45. The van der Waals surface area contributed by atoms with Gasteiger partial charge in [-0.25, -0.2) is 28.6 Å². The van der Waals surface area contributed by atoms with Crippen LogP contribution in [0, 0.1) is 0 Å². The van der Waals surface area contributed by atoms with Gasteiger partial charge < -0.3 is 35.3 Å². The normalized spacial score (nSPS) is 25.3.